The summed E-state index contributed by atoms with van der Waals surface area (Å²) >= 11 is 6.13. The topological polar surface area (TPSA) is 37.4 Å². The van der Waals surface area contributed by atoms with Crippen LogP contribution < -0.4 is 4.90 Å². The smallest absolute Gasteiger partial charge is 0.299 e. The monoisotopic (exact) mass is 285 g/mol. The van der Waals surface area contributed by atoms with E-state index >= 15 is 0 Å². The molecule has 1 heterocycles. The summed E-state index contributed by atoms with van der Waals surface area (Å²) in [6, 6.07) is 11.3. The number of ketones is 1. The van der Waals surface area contributed by atoms with E-state index in [1.54, 1.807) is 19.2 Å². The van der Waals surface area contributed by atoms with Crippen LogP contribution in [0.4, 0.5) is 5.69 Å². The van der Waals surface area contributed by atoms with Crippen molar-refractivity contribution in [3.05, 3.63) is 52.5 Å². The molecule has 1 aliphatic rings. The molecule has 0 atom stereocenters. The minimum absolute atomic E-state index is 0.397. The number of fused-ring (bicyclic) bond motifs is 1. The van der Waals surface area contributed by atoms with E-state index in [4.69, 9.17) is 11.6 Å². The fourth-order valence-electron chi connectivity index (χ4n) is 2.46. The fraction of sp³-hybridized carbons (Fsp3) is 0.125. The van der Waals surface area contributed by atoms with Gasteiger partial charge in [-0.05, 0) is 24.1 Å². The van der Waals surface area contributed by atoms with E-state index in [0.717, 1.165) is 16.7 Å². The third-order valence-corrected chi connectivity index (χ3v) is 3.86. The molecular formula is C16H12ClNO2. The Morgan fingerprint density at radius 1 is 1.00 bits per heavy atom. The normalized spacial score (nSPS) is 13.8. The molecule has 0 spiro atoms. The van der Waals surface area contributed by atoms with Crippen molar-refractivity contribution >= 4 is 29.0 Å². The average Bonchev–Trinajstić information content (AvgIpc) is 2.67. The Labute approximate surface area is 121 Å². The minimum Gasteiger partial charge on any atom is -0.306 e. The number of likely N-dealkylation sites (N-methyl/N-ethyl adjacent to an activating group) is 1. The molecule has 0 radical (unpaired) electrons. The van der Waals surface area contributed by atoms with Crippen molar-refractivity contribution in [2.24, 2.45) is 0 Å². The van der Waals surface area contributed by atoms with Gasteiger partial charge in [0.25, 0.3) is 11.7 Å². The van der Waals surface area contributed by atoms with Crippen molar-refractivity contribution < 1.29 is 9.59 Å². The third-order valence-electron chi connectivity index (χ3n) is 3.55. The Morgan fingerprint density at radius 3 is 2.30 bits per heavy atom. The molecule has 1 amide bonds. The summed E-state index contributed by atoms with van der Waals surface area (Å²) in [5, 5.41) is 0.414. The average molecular weight is 286 g/mol. The maximum atomic E-state index is 12.2. The van der Waals surface area contributed by atoms with Crippen LogP contribution >= 0.6 is 11.6 Å². The van der Waals surface area contributed by atoms with E-state index in [9.17, 15) is 9.59 Å². The largest absolute Gasteiger partial charge is 0.306 e. The summed E-state index contributed by atoms with van der Waals surface area (Å²) in [6.07, 6.45) is 0. The number of rotatable bonds is 1. The molecule has 20 heavy (non-hydrogen) atoms. The van der Waals surface area contributed by atoms with E-state index in [1.165, 1.54) is 4.90 Å². The molecule has 0 saturated carbocycles. The molecule has 0 bridgehead atoms. The number of halogens is 1. The highest BCUT2D eigenvalue weighted by atomic mass is 35.5. The van der Waals surface area contributed by atoms with Crippen LogP contribution in [0.3, 0.4) is 0 Å². The first-order valence-electron chi connectivity index (χ1n) is 6.22. The maximum absolute atomic E-state index is 12.2. The second-order valence-electron chi connectivity index (χ2n) is 4.88. The zero-order chi connectivity index (χ0) is 14.4. The van der Waals surface area contributed by atoms with Crippen LogP contribution in [0.15, 0.2) is 36.4 Å². The number of hydrogen-bond acceptors (Lipinski definition) is 2. The number of aryl methyl sites for hydroxylation is 1. The molecule has 2 aromatic carbocycles. The van der Waals surface area contributed by atoms with Crippen molar-refractivity contribution in [2.75, 3.05) is 11.9 Å². The van der Waals surface area contributed by atoms with Gasteiger partial charge in [0.1, 0.15) is 0 Å². The van der Waals surface area contributed by atoms with Gasteiger partial charge in [0.05, 0.1) is 16.3 Å². The molecule has 0 aliphatic carbocycles. The molecule has 0 N–H and O–H groups in total. The predicted molar refractivity (Wildman–Crippen MR) is 79.4 cm³/mol. The minimum atomic E-state index is -0.540. The van der Waals surface area contributed by atoms with Crippen LogP contribution in [0.25, 0.3) is 11.1 Å². The molecule has 0 unspecified atom stereocenters. The van der Waals surface area contributed by atoms with Gasteiger partial charge in [-0.1, -0.05) is 47.5 Å². The zero-order valence-corrected chi connectivity index (χ0v) is 11.9. The van der Waals surface area contributed by atoms with Crippen LogP contribution in [0.2, 0.25) is 5.02 Å². The van der Waals surface area contributed by atoms with E-state index in [1.807, 2.05) is 31.2 Å². The van der Waals surface area contributed by atoms with Crippen LogP contribution in [-0.4, -0.2) is 18.7 Å². The van der Waals surface area contributed by atoms with Gasteiger partial charge in [-0.25, -0.2) is 0 Å². The molecule has 0 fully saturated rings. The Hall–Kier alpha value is -2.13. The van der Waals surface area contributed by atoms with E-state index in [2.05, 4.69) is 0 Å². The second kappa shape index (κ2) is 4.46. The van der Waals surface area contributed by atoms with Crippen LogP contribution in [-0.2, 0) is 4.79 Å². The Balaban J connectivity index is 2.28. The van der Waals surface area contributed by atoms with Gasteiger partial charge >= 0.3 is 0 Å². The molecule has 0 aromatic heterocycles. The van der Waals surface area contributed by atoms with Gasteiger partial charge in [-0.3, -0.25) is 9.59 Å². The molecule has 2 aromatic rings. The van der Waals surface area contributed by atoms with Crippen LogP contribution in [0.1, 0.15) is 15.9 Å². The molecule has 3 nitrogen and oxygen atoms in total. The molecule has 100 valence electrons. The van der Waals surface area contributed by atoms with Crippen molar-refractivity contribution in [3.8, 4) is 11.1 Å². The molecular weight excluding hydrogens is 274 g/mol. The van der Waals surface area contributed by atoms with Crippen molar-refractivity contribution in [3.63, 3.8) is 0 Å². The Morgan fingerprint density at radius 2 is 1.65 bits per heavy atom. The van der Waals surface area contributed by atoms with Gasteiger partial charge in [-0.15, -0.1) is 0 Å². The van der Waals surface area contributed by atoms with Crippen molar-refractivity contribution in [1.29, 1.82) is 0 Å². The lowest BCUT2D eigenvalue weighted by molar-refractivity contribution is -0.114. The number of carbonyl (C=O) groups excluding carboxylic acids is 2. The SMILES string of the molecule is Cc1ccc(-c2ccc(Cl)c3c2C(=O)C(=O)N3C)cc1. The molecule has 4 heteroatoms. The Kier molecular flexibility index (Phi) is 2.87. The van der Waals surface area contributed by atoms with Crippen LogP contribution in [0, 0.1) is 6.92 Å². The van der Waals surface area contributed by atoms with Gasteiger partial charge in [0, 0.05) is 7.05 Å². The second-order valence-corrected chi connectivity index (χ2v) is 5.29. The summed E-state index contributed by atoms with van der Waals surface area (Å²) in [5.41, 5.74) is 3.68. The lowest BCUT2D eigenvalue weighted by Crippen LogP contribution is -2.24. The third kappa shape index (κ3) is 1.74. The first-order valence-corrected chi connectivity index (χ1v) is 6.60. The number of nitrogens with zero attached hydrogens (tertiary/aromatic N) is 1. The molecule has 0 saturated heterocycles. The number of benzene rings is 2. The standard InChI is InChI=1S/C16H12ClNO2/c1-9-3-5-10(6-4-9)11-7-8-12(17)14-13(11)15(19)16(20)18(14)2/h3-8H,1-2H3. The van der Waals surface area contributed by atoms with E-state index < -0.39 is 11.7 Å². The highest BCUT2D eigenvalue weighted by Crippen LogP contribution is 2.40. The number of carbonyl (C=O) groups is 2. The number of amides is 1. The highest BCUT2D eigenvalue weighted by molar-refractivity contribution is 6.55. The Bertz CT molecular complexity index is 735. The van der Waals surface area contributed by atoms with Gasteiger partial charge < -0.3 is 4.90 Å². The van der Waals surface area contributed by atoms with Gasteiger partial charge in [0.15, 0.2) is 0 Å². The lowest BCUT2D eigenvalue weighted by Gasteiger charge is -2.13. The lowest BCUT2D eigenvalue weighted by atomic mass is 9.96. The molecule has 3 rings (SSSR count). The van der Waals surface area contributed by atoms with Crippen LogP contribution in [0.5, 0.6) is 0 Å². The predicted octanol–water partition coefficient (Wildman–Crippen LogP) is 3.47. The maximum Gasteiger partial charge on any atom is 0.299 e. The number of Topliss-reactive ketones (excluding diaryl/α,β-unsaturated/α-hetero) is 1. The first kappa shape index (κ1) is 12.9. The van der Waals surface area contributed by atoms with E-state index in [-0.39, 0.29) is 0 Å². The summed E-state index contributed by atoms with van der Waals surface area (Å²) in [6.45, 7) is 2.00. The van der Waals surface area contributed by atoms with Gasteiger partial charge in [0.2, 0.25) is 0 Å². The highest BCUT2D eigenvalue weighted by Gasteiger charge is 2.37. The van der Waals surface area contributed by atoms with Crippen molar-refractivity contribution in [2.45, 2.75) is 6.92 Å². The zero-order valence-electron chi connectivity index (χ0n) is 11.1. The van der Waals surface area contributed by atoms with E-state index in [0.29, 0.717) is 16.3 Å². The number of anilines is 1. The first-order chi connectivity index (χ1) is 9.50. The van der Waals surface area contributed by atoms with Gasteiger partial charge in [-0.2, -0.15) is 0 Å². The number of hydrogen-bond donors (Lipinski definition) is 0. The molecule has 1 aliphatic heterocycles. The summed E-state index contributed by atoms with van der Waals surface area (Å²) in [5.74, 6) is -1.04. The summed E-state index contributed by atoms with van der Waals surface area (Å²) < 4.78 is 0. The quantitative estimate of drug-likeness (QED) is 0.752. The van der Waals surface area contributed by atoms with Crippen molar-refractivity contribution in [1.82, 2.24) is 0 Å². The fourth-order valence-corrected chi connectivity index (χ4v) is 2.74. The summed E-state index contributed by atoms with van der Waals surface area (Å²) in [4.78, 5) is 25.4. The summed E-state index contributed by atoms with van der Waals surface area (Å²) in [7, 11) is 1.57.